The average molecular weight is 316 g/mol. The normalized spacial score (nSPS) is 10.8. The minimum absolute atomic E-state index is 0.0356. The van der Waals surface area contributed by atoms with Gasteiger partial charge in [0.05, 0.1) is 19.3 Å². The number of carbonyl (C=O) groups is 1. The lowest BCUT2D eigenvalue weighted by Gasteiger charge is -2.20. The van der Waals surface area contributed by atoms with Crippen molar-refractivity contribution in [2.75, 3.05) is 44.5 Å². The van der Waals surface area contributed by atoms with Gasteiger partial charge in [0.2, 0.25) is 0 Å². The van der Waals surface area contributed by atoms with E-state index in [1.807, 2.05) is 25.8 Å². The van der Waals surface area contributed by atoms with Gasteiger partial charge in [-0.05, 0) is 20.8 Å². The molecule has 1 aromatic rings. The number of likely N-dealkylation sites (N-methyl/N-ethyl adjacent to an activating group) is 1. The Bertz CT molecular complexity index is 474. The highest BCUT2D eigenvalue weighted by molar-refractivity contribution is 7.19. The van der Waals surface area contributed by atoms with Crippen molar-refractivity contribution in [3.05, 3.63) is 4.88 Å². The molecule has 21 heavy (non-hydrogen) atoms. The fraction of sp³-hybridized carbons (Fsp3) is 0.643. The van der Waals surface area contributed by atoms with Crippen LogP contribution >= 0.6 is 11.3 Å². The molecular formula is C14H24N2O4S. The second-order valence-electron chi connectivity index (χ2n) is 4.78. The maximum atomic E-state index is 12.0. The number of methoxy groups -OCH3 is 1. The Morgan fingerprint density at radius 3 is 2.62 bits per heavy atom. The van der Waals surface area contributed by atoms with Crippen LogP contribution in [0.1, 0.15) is 30.4 Å². The predicted molar refractivity (Wildman–Crippen MR) is 85.6 cm³/mol. The SMILES string of the molecule is CCOC(=O)c1sc(N(C)CCOC)c(OC(C)C)c1N. The Labute approximate surface area is 129 Å². The largest absolute Gasteiger partial charge is 0.486 e. The molecular weight excluding hydrogens is 292 g/mol. The van der Waals surface area contributed by atoms with Crippen LogP contribution in [-0.4, -0.2) is 46.0 Å². The summed E-state index contributed by atoms with van der Waals surface area (Å²) in [6.45, 7) is 7.15. The predicted octanol–water partition coefficient (Wildman–Crippen LogP) is 2.38. The van der Waals surface area contributed by atoms with Crippen LogP contribution < -0.4 is 15.4 Å². The molecule has 0 saturated carbocycles. The third-order valence-corrected chi connectivity index (χ3v) is 3.96. The Morgan fingerprint density at radius 2 is 2.10 bits per heavy atom. The molecule has 0 saturated heterocycles. The Morgan fingerprint density at radius 1 is 1.43 bits per heavy atom. The highest BCUT2D eigenvalue weighted by atomic mass is 32.1. The molecule has 0 aliphatic carbocycles. The zero-order chi connectivity index (χ0) is 16.0. The lowest BCUT2D eigenvalue weighted by molar-refractivity contribution is 0.0533. The number of hydrogen-bond acceptors (Lipinski definition) is 7. The zero-order valence-corrected chi connectivity index (χ0v) is 14.1. The lowest BCUT2D eigenvalue weighted by atomic mass is 10.3. The van der Waals surface area contributed by atoms with E-state index in [4.69, 9.17) is 19.9 Å². The molecule has 1 rings (SSSR count). The lowest BCUT2D eigenvalue weighted by Crippen LogP contribution is -2.22. The minimum atomic E-state index is -0.417. The Kier molecular flexibility index (Phi) is 6.77. The van der Waals surface area contributed by atoms with Gasteiger partial charge in [-0.3, -0.25) is 0 Å². The summed E-state index contributed by atoms with van der Waals surface area (Å²) < 4.78 is 15.9. The third-order valence-electron chi connectivity index (χ3n) is 2.67. The van der Waals surface area contributed by atoms with Gasteiger partial charge >= 0.3 is 5.97 Å². The molecule has 0 spiro atoms. The first kappa shape index (κ1) is 17.6. The van der Waals surface area contributed by atoms with Crippen molar-refractivity contribution in [3.8, 4) is 5.75 Å². The summed E-state index contributed by atoms with van der Waals surface area (Å²) in [5, 5.41) is 0.807. The summed E-state index contributed by atoms with van der Waals surface area (Å²) in [6.07, 6.45) is -0.0356. The van der Waals surface area contributed by atoms with Gasteiger partial charge in [-0.25, -0.2) is 4.79 Å². The van der Waals surface area contributed by atoms with Crippen molar-refractivity contribution < 1.29 is 19.0 Å². The van der Waals surface area contributed by atoms with Crippen molar-refractivity contribution in [1.29, 1.82) is 0 Å². The van der Waals surface area contributed by atoms with Crippen LogP contribution in [0.15, 0.2) is 0 Å². The van der Waals surface area contributed by atoms with Gasteiger partial charge in [0.1, 0.15) is 15.6 Å². The molecule has 0 fully saturated rings. The van der Waals surface area contributed by atoms with Crippen LogP contribution in [0.2, 0.25) is 0 Å². The van der Waals surface area contributed by atoms with Crippen LogP contribution in [0.5, 0.6) is 5.75 Å². The standard InChI is InChI=1S/C14H24N2O4S/c1-6-19-14(17)12-10(15)11(20-9(2)3)13(21-12)16(4)7-8-18-5/h9H,6-8,15H2,1-5H3. The van der Waals surface area contributed by atoms with Crippen LogP contribution in [0.3, 0.4) is 0 Å². The average Bonchev–Trinajstić information content (AvgIpc) is 2.73. The number of anilines is 2. The molecule has 120 valence electrons. The molecule has 0 radical (unpaired) electrons. The molecule has 1 heterocycles. The first-order valence-electron chi connectivity index (χ1n) is 6.88. The number of nitrogens with two attached hydrogens (primary N) is 1. The molecule has 0 aliphatic heterocycles. The number of nitrogen functional groups attached to an aromatic ring is 1. The van der Waals surface area contributed by atoms with Crippen molar-refractivity contribution >= 4 is 28.0 Å². The first-order valence-corrected chi connectivity index (χ1v) is 7.70. The summed E-state index contributed by atoms with van der Waals surface area (Å²) in [6, 6.07) is 0. The summed E-state index contributed by atoms with van der Waals surface area (Å²) in [7, 11) is 3.55. The van der Waals surface area contributed by atoms with Crippen LogP contribution in [-0.2, 0) is 9.47 Å². The molecule has 6 nitrogen and oxygen atoms in total. The highest BCUT2D eigenvalue weighted by Gasteiger charge is 2.25. The second-order valence-corrected chi connectivity index (χ2v) is 5.78. The van der Waals surface area contributed by atoms with E-state index in [9.17, 15) is 4.79 Å². The molecule has 0 atom stereocenters. The maximum absolute atomic E-state index is 12.0. The van der Waals surface area contributed by atoms with Crippen molar-refractivity contribution in [2.45, 2.75) is 26.9 Å². The first-order chi connectivity index (χ1) is 9.92. The minimum Gasteiger partial charge on any atom is -0.486 e. The summed E-state index contributed by atoms with van der Waals surface area (Å²) >= 11 is 1.28. The van der Waals surface area contributed by atoms with Gasteiger partial charge in [0.25, 0.3) is 0 Å². The number of thiophene rings is 1. The van der Waals surface area contributed by atoms with E-state index >= 15 is 0 Å². The summed E-state index contributed by atoms with van der Waals surface area (Å²) in [4.78, 5) is 14.3. The summed E-state index contributed by atoms with van der Waals surface area (Å²) in [5.41, 5.74) is 6.42. The molecule has 0 aromatic carbocycles. The smallest absolute Gasteiger partial charge is 0.350 e. The zero-order valence-electron chi connectivity index (χ0n) is 13.3. The van der Waals surface area contributed by atoms with E-state index < -0.39 is 5.97 Å². The van der Waals surface area contributed by atoms with E-state index in [0.29, 0.717) is 36.1 Å². The van der Waals surface area contributed by atoms with E-state index in [-0.39, 0.29) is 6.10 Å². The number of esters is 1. The quantitative estimate of drug-likeness (QED) is 0.742. The van der Waals surface area contributed by atoms with Crippen LogP contribution in [0.25, 0.3) is 0 Å². The number of rotatable bonds is 8. The van der Waals surface area contributed by atoms with E-state index in [2.05, 4.69) is 0 Å². The fourth-order valence-corrected chi connectivity index (χ4v) is 2.73. The fourth-order valence-electron chi connectivity index (χ4n) is 1.70. The Hall–Kier alpha value is -1.47. The topological polar surface area (TPSA) is 74.0 Å². The van der Waals surface area contributed by atoms with Gasteiger partial charge in [-0.15, -0.1) is 11.3 Å². The van der Waals surface area contributed by atoms with Crippen LogP contribution in [0, 0.1) is 0 Å². The summed E-state index contributed by atoms with van der Waals surface area (Å²) in [5.74, 6) is 0.122. The molecule has 0 aliphatic rings. The van der Waals surface area contributed by atoms with E-state index in [1.54, 1.807) is 14.0 Å². The number of hydrogen-bond donors (Lipinski definition) is 1. The van der Waals surface area contributed by atoms with E-state index in [0.717, 1.165) is 5.00 Å². The van der Waals surface area contributed by atoms with Crippen LogP contribution in [0.4, 0.5) is 10.7 Å². The monoisotopic (exact) mass is 316 g/mol. The highest BCUT2D eigenvalue weighted by Crippen LogP contribution is 2.45. The molecule has 0 unspecified atom stereocenters. The molecule has 0 amide bonds. The number of nitrogens with zero attached hydrogens (tertiary/aromatic N) is 1. The van der Waals surface area contributed by atoms with Crippen molar-refractivity contribution in [3.63, 3.8) is 0 Å². The van der Waals surface area contributed by atoms with Gasteiger partial charge < -0.3 is 24.8 Å². The third kappa shape index (κ3) is 4.50. The molecule has 0 bridgehead atoms. The van der Waals surface area contributed by atoms with Gasteiger partial charge in [0.15, 0.2) is 5.75 Å². The van der Waals surface area contributed by atoms with Crippen molar-refractivity contribution in [2.24, 2.45) is 0 Å². The Balaban J connectivity index is 3.14. The van der Waals surface area contributed by atoms with Gasteiger partial charge in [0, 0.05) is 20.7 Å². The molecule has 7 heteroatoms. The molecule has 1 aromatic heterocycles. The molecule has 2 N–H and O–H groups in total. The maximum Gasteiger partial charge on any atom is 0.350 e. The van der Waals surface area contributed by atoms with E-state index in [1.165, 1.54) is 11.3 Å². The second kappa shape index (κ2) is 8.09. The number of carbonyl (C=O) groups excluding carboxylic acids is 1. The van der Waals surface area contributed by atoms with Gasteiger partial charge in [-0.1, -0.05) is 0 Å². The van der Waals surface area contributed by atoms with Gasteiger partial charge in [-0.2, -0.15) is 0 Å². The number of ether oxygens (including phenoxy) is 3. The van der Waals surface area contributed by atoms with Crippen molar-refractivity contribution in [1.82, 2.24) is 0 Å².